The molecule has 1 aliphatic heterocycles. The molecule has 2 nitrogen and oxygen atoms in total. The zero-order valence-electron chi connectivity index (χ0n) is 13.7. The van der Waals surface area contributed by atoms with Crippen molar-refractivity contribution >= 4 is 10.8 Å². The zero-order valence-corrected chi connectivity index (χ0v) is 13.7. The molecule has 22 heavy (non-hydrogen) atoms. The molecule has 1 heterocycles. The fourth-order valence-corrected chi connectivity index (χ4v) is 3.60. The molecule has 3 rings (SSSR count). The van der Waals surface area contributed by atoms with Crippen molar-refractivity contribution in [2.75, 3.05) is 26.2 Å². The van der Waals surface area contributed by atoms with E-state index < -0.39 is 0 Å². The van der Waals surface area contributed by atoms with E-state index in [0.717, 1.165) is 25.6 Å². The van der Waals surface area contributed by atoms with Gasteiger partial charge in [0.15, 0.2) is 0 Å². The summed E-state index contributed by atoms with van der Waals surface area (Å²) in [6, 6.07) is 16.2. The fourth-order valence-electron chi connectivity index (χ4n) is 3.60. The van der Waals surface area contributed by atoms with Gasteiger partial charge in [0.2, 0.25) is 0 Å². The van der Waals surface area contributed by atoms with Gasteiger partial charge in [0.1, 0.15) is 0 Å². The van der Waals surface area contributed by atoms with Gasteiger partial charge in [-0.1, -0.05) is 62.2 Å². The maximum atomic E-state index is 3.56. The van der Waals surface area contributed by atoms with Crippen LogP contribution in [0.25, 0.3) is 10.8 Å². The highest BCUT2D eigenvalue weighted by Crippen LogP contribution is 2.20. The Morgan fingerprint density at radius 1 is 1.14 bits per heavy atom. The number of hydrogen-bond donors (Lipinski definition) is 1. The SMILES string of the molecule is CCCC[C@@H]1CNCCN1CCc1cccc2ccccc12. The minimum Gasteiger partial charge on any atom is -0.314 e. The van der Waals surface area contributed by atoms with Gasteiger partial charge in [-0.25, -0.2) is 0 Å². The van der Waals surface area contributed by atoms with Crippen molar-refractivity contribution in [2.45, 2.75) is 38.6 Å². The Kier molecular flexibility index (Phi) is 5.47. The van der Waals surface area contributed by atoms with Crippen LogP contribution in [0.5, 0.6) is 0 Å². The topological polar surface area (TPSA) is 15.3 Å². The number of unbranched alkanes of at least 4 members (excludes halogenated alkanes) is 1. The molecular weight excluding hydrogens is 268 g/mol. The maximum Gasteiger partial charge on any atom is 0.0221 e. The Bertz CT molecular complexity index is 588. The monoisotopic (exact) mass is 296 g/mol. The maximum absolute atomic E-state index is 3.56. The summed E-state index contributed by atoms with van der Waals surface area (Å²) >= 11 is 0. The van der Waals surface area contributed by atoms with Gasteiger partial charge in [-0.05, 0) is 29.2 Å². The van der Waals surface area contributed by atoms with E-state index in [2.05, 4.69) is 59.6 Å². The van der Waals surface area contributed by atoms with Gasteiger partial charge in [-0.3, -0.25) is 4.90 Å². The highest BCUT2D eigenvalue weighted by molar-refractivity contribution is 5.85. The number of rotatable bonds is 6. The van der Waals surface area contributed by atoms with Crippen LogP contribution in [0.15, 0.2) is 42.5 Å². The molecule has 2 heteroatoms. The first kappa shape index (κ1) is 15.5. The summed E-state index contributed by atoms with van der Waals surface area (Å²) in [6.07, 6.45) is 5.13. The number of nitrogens with one attached hydrogen (secondary N) is 1. The van der Waals surface area contributed by atoms with E-state index in [0.29, 0.717) is 0 Å². The van der Waals surface area contributed by atoms with Crippen molar-refractivity contribution in [2.24, 2.45) is 0 Å². The fraction of sp³-hybridized carbons (Fsp3) is 0.500. The number of fused-ring (bicyclic) bond motifs is 1. The van der Waals surface area contributed by atoms with Crippen molar-refractivity contribution in [1.29, 1.82) is 0 Å². The van der Waals surface area contributed by atoms with Crippen LogP contribution in [0.3, 0.4) is 0 Å². The van der Waals surface area contributed by atoms with Gasteiger partial charge < -0.3 is 5.32 Å². The molecular formula is C20H28N2. The molecule has 1 atom stereocenters. The molecule has 118 valence electrons. The minimum atomic E-state index is 0.726. The van der Waals surface area contributed by atoms with Crippen LogP contribution >= 0.6 is 0 Å². The number of piperazine rings is 1. The van der Waals surface area contributed by atoms with Gasteiger partial charge in [0.25, 0.3) is 0 Å². The van der Waals surface area contributed by atoms with Gasteiger partial charge in [0, 0.05) is 32.2 Å². The first-order valence-electron chi connectivity index (χ1n) is 8.80. The Morgan fingerprint density at radius 3 is 2.91 bits per heavy atom. The van der Waals surface area contributed by atoms with Crippen molar-refractivity contribution in [3.63, 3.8) is 0 Å². The predicted molar refractivity (Wildman–Crippen MR) is 95.4 cm³/mol. The third kappa shape index (κ3) is 3.68. The van der Waals surface area contributed by atoms with Crippen molar-refractivity contribution in [1.82, 2.24) is 10.2 Å². The summed E-state index contributed by atoms with van der Waals surface area (Å²) in [7, 11) is 0. The quantitative estimate of drug-likeness (QED) is 0.871. The largest absolute Gasteiger partial charge is 0.314 e. The van der Waals surface area contributed by atoms with Crippen LogP contribution < -0.4 is 5.32 Å². The molecule has 0 spiro atoms. The molecule has 1 aliphatic rings. The van der Waals surface area contributed by atoms with Crippen LogP contribution in [0, 0.1) is 0 Å². The molecule has 0 bridgehead atoms. The lowest BCUT2D eigenvalue weighted by Crippen LogP contribution is -2.51. The van der Waals surface area contributed by atoms with E-state index in [1.54, 1.807) is 0 Å². The molecule has 0 aromatic heterocycles. The average molecular weight is 296 g/mol. The molecule has 1 fully saturated rings. The molecule has 0 unspecified atom stereocenters. The van der Waals surface area contributed by atoms with Gasteiger partial charge in [-0.2, -0.15) is 0 Å². The second kappa shape index (κ2) is 7.75. The van der Waals surface area contributed by atoms with Crippen LogP contribution in [-0.4, -0.2) is 37.1 Å². The summed E-state index contributed by atoms with van der Waals surface area (Å²) in [5, 5.41) is 6.35. The van der Waals surface area contributed by atoms with Crippen LogP contribution in [0.4, 0.5) is 0 Å². The lowest BCUT2D eigenvalue weighted by molar-refractivity contribution is 0.153. The number of nitrogens with zero attached hydrogens (tertiary/aromatic N) is 1. The molecule has 1 saturated heterocycles. The standard InChI is InChI=1S/C20H28N2/c1-2-3-10-19-16-21-13-15-22(19)14-12-18-9-6-8-17-7-4-5-11-20(17)18/h4-9,11,19,21H,2-3,10,12-16H2,1H3/t19-/m1/s1. The third-order valence-electron chi connectivity index (χ3n) is 4.91. The van der Waals surface area contributed by atoms with Crippen LogP contribution in [0.1, 0.15) is 31.7 Å². The second-order valence-corrected chi connectivity index (χ2v) is 6.42. The number of hydrogen-bond acceptors (Lipinski definition) is 2. The normalized spacial score (nSPS) is 19.6. The molecule has 0 radical (unpaired) electrons. The smallest absolute Gasteiger partial charge is 0.0221 e. The first-order valence-corrected chi connectivity index (χ1v) is 8.80. The van der Waals surface area contributed by atoms with Gasteiger partial charge in [0.05, 0.1) is 0 Å². The summed E-state index contributed by atoms with van der Waals surface area (Å²) in [5.74, 6) is 0. The van der Waals surface area contributed by atoms with Crippen LogP contribution in [-0.2, 0) is 6.42 Å². The van der Waals surface area contributed by atoms with E-state index in [4.69, 9.17) is 0 Å². The summed E-state index contributed by atoms with van der Waals surface area (Å²) in [5.41, 5.74) is 1.49. The highest BCUT2D eigenvalue weighted by atomic mass is 15.2. The molecule has 0 amide bonds. The Labute approximate surface area is 134 Å². The minimum absolute atomic E-state index is 0.726. The second-order valence-electron chi connectivity index (χ2n) is 6.42. The van der Waals surface area contributed by atoms with Crippen molar-refractivity contribution < 1.29 is 0 Å². The van der Waals surface area contributed by atoms with Gasteiger partial charge >= 0.3 is 0 Å². The zero-order chi connectivity index (χ0) is 15.2. The number of benzene rings is 2. The molecule has 0 saturated carbocycles. The molecule has 1 N–H and O–H groups in total. The summed E-state index contributed by atoms with van der Waals surface area (Å²) in [4.78, 5) is 2.70. The van der Waals surface area contributed by atoms with Crippen molar-refractivity contribution in [3.8, 4) is 0 Å². The van der Waals surface area contributed by atoms with Crippen molar-refractivity contribution in [3.05, 3.63) is 48.0 Å². The third-order valence-corrected chi connectivity index (χ3v) is 4.91. The predicted octanol–water partition coefficient (Wildman–Crippen LogP) is 3.85. The average Bonchev–Trinajstić information content (AvgIpc) is 2.59. The summed E-state index contributed by atoms with van der Waals surface area (Å²) < 4.78 is 0. The molecule has 0 aliphatic carbocycles. The van der Waals surface area contributed by atoms with E-state index >= 15 is 0 Å². The summed E-state index contributed by atoms with van der Waals surface area (Å²) in [6.45, 7) is 6.97. The lowest BCUT2D eigenvalue weighted by Gasteiger charge is -2.36. The van der Waals surface area contributed by atoms with E-state index in [-0.39, 0.29) is 0 Å². The first-order chi connectivity index (χ1) is 10.9. The van der Waals surface area contributed by atoms with Crippen LogP contribution in [0.2, 0.25) is 0 Å². The Morgan fingerprint density at radius 2 is 2.00 bits per heavy atom. The lowest BCUT2D eigenvalue weighted by atomic mass is 10.0. The molecule has 2 aromatic rings. The Balaban J connectivity index is 1.67. The van der Waals surface area contributed by atoms with E-state index in [1.807, 2.05) is 0 Å². The van der Waals surface area contributed by atoms with Gasteiger partial charge in [-0.15, -0.1) is 0 Å². The van der Waals surface area contributed by atoms with E-state index in [9.17, 15) is 0 Å². The van der Waals surface area contributed by atoms with E-state index in [1.165, 1.54) is 48.7 Å². The Hall–Kier alpha value is -1.38. The molecule has 2 aromatic carbocycles. The highest BCUT2D eigenvalue weighted by Gasteiger charge is 2.21.